The minimum atomic E-state index is -0.608. The van der Waals surface area contributed by atoms with Crippen LogP contribution in [0.15, 0.2) is 36.4 Å². The van der Waals surface area contributed by atoms with E-state index in [0.29, 0.717) is 17.0 Å². The Bertz CT molecular complexity index is 718. The molecule has 24 heavy (non-hydrogen) atoms. The van der Waals surface area contributed by atoms with Gasteiger partial charge in [-0.1, -0.05) is 19.1 Å². The molecule has 0 spiro atoms. The normalized spacial score (nSPS) is 10.2. The number of benzene rings is 2. The first kappa shape index (κ1) is 17.6. The number of nitrogens with one attached hydrogen (secondary N) is 1. The third kappa shape index (κ3) is 4.16. The predicted molar refractivity (Wildman–Crippen MR) is 89.1 cm³/mol. The van der Waals surface area contributed by atoms with Gasteiger partial charge in [0, 0.05) is 0 Å². The highest BCUT2D eigenvalue weighted by atomic mass is 19.1. The molecule has 0 fully saturated rings. The number of aryl methyl sites for hydroxylation is 1. The zero-order chi connectivity index (χ0) is 17.5. The van der Waals surface area contributed by atoms with E-state index in [-0.39, 0.29) is 12.4 Å². The lowest BCUT2D eigenvalue weighted by atomic mass is 10.1. The van der Waals surface area contributed by atoms with Gasteiger partial charge in [-0.05, 0) is 36.2 Å². The number of carbonyl (C=O) groups is 1. The zero-order valence-electron chi connectivity index (χ0n) is 13.9. The SMILES string of the molecule is CCc1ccc(OCc2c(NC(=O)OC)cccc2OC)c(F)c1. The Balaban J connectivity index is 2.23. The van der Waals surface area contributed by atoms with Crippen LogP contribution in [0.4, 0.5) is 14.9 Å². The summed E-state index contributed by atoms with van der Waals surface area (Å²) in [6.07, 6.45) is 0.139. The fourth-order valence-electron chi connectivity index (χ4n) is 2.22. The van der Waals surface area contributed by atoms with Crippen LogP contribution in [-0.4, -0.2) is 20.3 Å². The fourth-order valence-corrected chi connectivity index (χ4v) is 2.22. The van der Waals surface area contributed by atoms with Crippen LogP contribution in [0.1, 0.15) is 18.1 Å². The summed E-state index contributed by atoms with van der Waals surface area (Å²) in [6, 6.07) is 10.0. The van der Waals surface area contributed by atoms with E-state index in [1.165, 1.54) is 20.3 Å². The molecule has 0 saturated carbocycles. The molecule has 5 nitrogen and oxygen atoms in total. The van der Waals surface area contributed by atoms with Gasteiger partial charge in [-0.25, -0.2) is 9.18 Å². The van der Waals surface area contributed by atoms with Crippen molar-refractivity contribution in [2.45, 2.75) is 20.0 Å². The molecule has 0 heterocycles. The van der Waals surface area contributed by atoms with Crippen LogP contribution in [0, 0.1) is 5.82 Å². The van der Waals surface area contributed by atoms with Crippen molar-refractivity contribution in [3.63, 3.8) is 0 Å². The Morgan fingerprint density at radius 3 is 2.58 bits per heavy atom. The van der Waals surface area contributed by atoms with Crippen LogP contribution in [0.5, 0.6) is 11.5 Å². The van der Waals surface area contributed by atoms with E-state index < -0.39 is 11.9 Å². The van der Waals surface area contributed by atoms with Gasteiger partial charge in [-0.3, -0.25) is 5.32 Å². The van der Waals surface area contributed by atoms with Crippen LogP contribution in [-0.2, 0) is 17.8 Å². The molecule has 0 aliphatic carbocycles. The minimum Gasteiger partial charge on any atom is -0.496 e. The van der Waals surface area contributed by atoms with Crippen molar-refractivity contribution in [2.24, 2.45) is 0 Å². The van der Waals surface area contributed by atoms with Crippen LogP contribution >= 0.6 is 0 Å². The zero-order valence-corrected chi connectivity index (χ0v) is 13.9. The van der Waals surface area contributed by atoms with Crippen molar-refractivity contribution in [2.75, 3.05) is 19.5 Å². The second-order valence-corrected chi connectivity index (χ2v) is 5.01. The lowest BCUT2D eigenvalue weighted by molar-refractivity contribution is 0.187. The summed E-state index contributed by atoms with van der Waals surface area (Å²) in [7, 11) is 2.79. The lowest BCUT2D eigenvalue weighted by Crippen LogP contribution is -2.14. The molecule has 2 rings (SSSR count). The molecule has 1 amide bonds. The standard InChI is InChI=1S/C18H20FNO4/c1-4-12-8-9-17(14(19)10-12)24-11-13-15(20-18(21)23-3)6-5-7-16(13)22-2/h5-10H,4,11H2,1-3H3,(H,20,21). The fraction of sp³-hybridized carbons (Fsp3) is 0.278. The molecule has 0 unspecified atom stereocenters. The van der Waals surface area contributed by atoms with Crippen molar-refractivity contribution < 1.29 is 23.4 Å². The van der Waals surface area contributed by atoms with Gasteiger partial charge in [0.2, 0.25) is 0 Å². The average Bonchev–Trinajstić information content (AvgIpc) is 2.60. The Kier molecular flexibility index (Phi) is 6.01. The summed E-state index contributed by atoms with van der Waals surface area (Å²) in [5, 5.41) is 2.59. The molecule has 1 N–H and O–H groups in total. The van der Waals surface area contributed by atoms with Crippen LogP contribution < -0.4 is 14.8 Å². The number of rotatable bonds is 6. The molecule has 0 aliphatic heterocycles. The number of hydrogen-bond donors (Lipinski definition) is 1. The Morgan fingerprint density at radius 2 is 1.96 bits per heavy atom. The second kappa shape index (κ2) is 8.19. The molecule has 0 aliphatic rings. The Morgan fingerprint density at radius 1 is 1.17 bits per heavy atom. The van der Waals surface area contributed by atoms with Gasteiger partial charge < -0.3 is 14.2 Å². The smallest absolute Gasteiger partial charge is 0.411 e. The molecular formula is C18H20FNO4. The molecule has 0 bridgehead atoms. The van der Waals surface area contributed by atoms with Gasteiger partial charge in [0.25, 0.3) is 0 Å². The molecule has 2 aromatic carbocycles. The summed E-state index contributed by atoms with van der Waals surface area (Å²) in [6.45, 7) is 1.99. The van der Waals surface area contributed by atoms with Crippen molar-refractivity contribution >= 4 is 11.8 Å². The summed E-state index contributed by atoms with van der Waals surface area (Å²) in [5.74, 6) is 0.239. The molecule has 0 saturated heterocycles. The number of hydrogen-bond acceptors (Lipinski definition) is 4. The number of carbonyl (C=O) groups excluding carboxylic acids is 1. The Hall–Kier alpha value is -2.76. The van der Waals surface area contributed by atoms with Crippen LogP contribution in [0.3, 0.4) is 0 Å². The van der Waals surface area contributed by atoms with Gasteiger partial charge in [-0.15, -0.1) is 0 Å². The second-order valence-electron chi connectivity index (χ2n) is 5.01. The summed E-state index contributed by atoms with van der Waals surface area (Å²) in [5.41, 5.74) is 1.96. The van der Waals surface area contributed by atoms with Crippen molar-refractivity contribution in [3.05, 3.63) is 53.3 Å². The first-order valence-corrected chi connectivity index (χ1v) is 7.51. The van der Waals surface area contributed by atoms with E-state index in [2.05, 4.69) is 10.1 Å². The van der Waals surface area contributed by atoms with Crippen molar-refractivity contribution in [1.82, 2.24) is 0 Å². The van der Waals surface area contributed by atoms with Crippen molar-refractivity contribution in [1.29, 1.82) is 0 Å². The van der Waals surface area contributed by atoms with Gasteiger partial charge in [0.1, 0.15) is 12.4 Å². The number of amides is 1. The molecule has 0 atom stereocenters. The summed E-state index contributed by atoms with van der Waals surface area (Å²) in [4.78, 5) is 11.5. The topological polar surface area (TPSA) is 56.8 Å². The molecule has 0 radical (unpaired) electrons. The summed E-state index contributed by atoms with van der Waals surface area (Å²) >= 11 is 0. The molecular weight excluding hydrogens is 313 g/mol. The van der Waals surface area contributed by atoms with E-state index in [9.17, 15) is 9.18 Å². The third-order valence-electron chi connectivity index (χ3n) is 3.55. The highest BCUT2D eigenvalue weighted by molar-refractivity contribution is 5.86. The minimum absolute atomic E-state index is 0.0335. The van der Waals surface area contributed by atoms with E-state index in [4.69, 9.17) is 9.47 Å². The quantitative estimate of drug-likeness (QED) is 0.862. The molecule has 0 aromatic heterocycles. The maximum absolute atomic E-state index is 14.0. The maximum atomic E-state index is 14.0. The first-order valence-electron chi connectivity index (χ1n) is 7.51. The van der Waals surface area contributed by atoms with E-state index in [1.54, 1.807) is 24.3 Å². The highest BCUT2D eigenvalue weighted by Gasteiger charge is 2.14. The van der Waals surface area contributed by atoms with Gasteiger partial charge in [0.15, 0.2) is 11.6 Å². The third-order valence-corrected chi connectivity index (χ3v) is 3.55. The van der Waals surface area contributed by atoms with Crippen LogP contribution in [0.2, 0.25) is 0 Å². The largest absolute Gasteiger partial charge is 0.496 e. The van der Waals surface area contributed by atoms with Crippen LogP contribution in [0.25, 0.3) is 0 Å². The number of halogens is 1. The first-order chi connectivity index (χ1) is 11.6. The van der Waals surface area contributed by atoms with Gasteiger partial charge in [0.05, 0.1) is 25.5 Å². The lowest BCUT2D eigenvalue weighted by Gasteiger charge is -2.15. The average molecular weight is 333 g/mol. The molecule has 128 valence electrons. The van der Waals surface area contributed by atoms with Gasteiger partial charge >= 0.3 is 6.09 Å². The van der Waals surface area contributed by atoms with E-state index >= 15 is 0 Å². The van der Waals surface area contributed by atoms with Crippen molar-refractivity contribution in [3.8, 4) is 11.5 Å². The van der Waals surface area contributed by atoms with E-state index in [1.807, 2.05) is 13.0 Å². The number of anilines is 1. The number of methoxy groups -OCH3 is 2. The predicted octanol–water partition coefficient (Wildman–Crippen LogP) is 4.15. The number of ether oxygens (including phenoxy) is 3. The highest BCUT2D eigenvalue weighted by Crippen LogP contribution is 2.29. The monoisotopic (exact) mass is 333 g/mol. The Labute approximate surface area is 140 Å². The molecule has 2 aromatic rings. The maximum Gasteiger partial charge on any atom is 0.411 e. The van der Waals surface area contributed by atoms with E-state index in [0.717, 1.165) is 12.0 Å². The van der Waals surface area contributed by atoms with Gasteiger partial charge in [-0.2, -0.15) is 0 Å². The molecule has 6 heteroatoms. The summed E-state index contributed by atoms with van der Waals surface area (Å²) < 4.78 is 29.5.